The largest absolute Gasteiger partial charge is 0.481 e. The third kappa shape index (κ3) is 1.69. The van der Waals surface area contributed by atoms with E-state index in [4.69, 9.17) is 0 Å². The van der Waals surface area contributed by atoms with Crippen LogP contribution in [0.25, 0.3) is 0 Å². The summed E-state index contributed by atoms with van der Waals surface area (Å²) in [6.07, 6.45) is 0. The van der Waals surface area contributed by atoms with E-state index < -0.39 is 28.2 Å². The van der Waals surface area contributed by atoms with E-state index >= 15 is 0 Å². The van der Waals surface area contributed by atoms with Gasteiger partial charge in [0.25, 0.3) is 0 Å². The van der Waals surface area contributed by atoms with Crippen molar-refractivity contribution in [3.63, 3.8) is 0 Å². The lowest BCUT2D eigenvalue weighted by Crippen LogP contribution is -2.35. The molecule has 1 rings (SSSR count). The van der Waals surface area contributed by atoms with Gasteiger partial charge in [0.15, 0.2) is 0 Å². The third-order valence-corrected chi connectivity index (χ3v) is 4.11. The molecular weight excluding hydrogens is 232 g/mol. The van der Waals surface area contributed by atoms with Gasteiger partial charge < -0.3 is 9.84 Å². The molecular formula is C14H20O4. The van der Waals surface area contributed by atoms with E-state index in [1.54, 1.807) is 0 Å². The quantitative estimate of drug-likeness (QED) is 0.440. The van der Waals surface area contributed by atoms with Gasteiger partial charge in [-0.3, -0.25) is 4.79 Å². The predicted molar refractivity (Wildman–Crippen MR) is 66.6 cm³/mol. The number of carboxylic acid groups (broad SMARTS) is 1. The Bertz CT molecular complexity index is 445. The molecule has 1 aliphatic rings. The van der Waals surface area contributed by atoms with Crippen LogP contribution in [-0.4, -0.2) is 24.2 Å². The van der Waals surface area contributed by atoms with Crippen molar-refractivity contribution < 1.29 is 19.4 Å². The summed E-state index contributed by atoms with van der Waals surface area (Å²) in [5.41, 5.74) is -1.82. The standard InChI is InChI=1S/C14H20O4/c1-12(2,3)14(11(16)17)9(13(14,4)5)7-8-10(15)18-6/h9H,1-6H3,(H,16,17)/t9-,14+/m0/s1. The van der Waals surface area contributed by atoms with Gasteiger partial charge in [0, 0.05) is 11.8 Å². The Labute approximate surface area is 108 Å². The maximum absolute atomic E-state index is 11.7. The van der Waals surface area contributed by atoms with Crippen LogP contribution in [-0.2, 0) is 14.3 Å². The molecule has 0 aliphatic heterocycles. The number of carbonyl (C=O) groups is 2. The number of aliphatic carboxylic acids is 1. The normalized spacial score (nSPS) is 28.9. The fourth-order valence-corrected chi connectivity index (χ4v) is 3.35. The molecule has 0 aromatic carbocycles. The number of hydrogen-bond donors (Lipinski definition) is 1. The predicted octanol–water partition coefficient (Wildman–Crippen LogP) is 1.94. The Kier molecular flexibility index (Phi) is 3.25. The lowest BCUT2D eigenvalue weighted by molar-refractivity contribution is -0.150. The van der Waals surface area contributed by atoms with Crippen molar-refractivity contribution in [1.29, 1.82) is 0 Å². The molecule has 1 N–H and O–H groups in total. The average Bonchev–Trinajstić information content (AvgIpc) is 2.71. The highest BCUT2D eigenvalue weighted by atomic mass is 16.5. The number of carboxylic acids is 1. The Hall–Kier alpha value is -1.50. The van der Waals surface area contributed by atoms with Crippen LogP contribution in [0.4, 0.5) is 0 Å². The van der Waals surface area contributed by atoms with E-state index in [-0.39, 0.29) is 5.92 Å². The SMILES string of the molecule is COC(=O)C#C[C@H]1C(C)(C)[C@]1(C(=O)O)C(C)(C)C. The van der Waals surface area contributed by atoms with Crippen molar-refractivity contribution in [3.05, 3.63) is 0 Å². The first-order chi connectivity index (χ1) is 8.03. The second kappa shape index (κ2) is 4.01. The zero-order valence-electron chi connectivity index (χ0n) is 11.7. The minimum absolute atomic E-state index is 0.346. The smallest absolute Gasteiger partial charge is 0.384 e. The van der Waals surface area contributed by atoms with Gasteiger partial charge in [-0.15, -0.1) is 0 Å². The molecule has 1 aliphatic carbocycles. The highest BCUT2D eigenvalue weighted by Crippen LogP contribution is 2.75. The van der Waals surface area contributed by atoms with Crippen molar-refractivity contribution in [2.24, 2.45) is 22.2 Å². The van der Waals surface area contributed by atoms with Crippen molar-refractivity contribution in [1.82, 2.24) is 0 Å². The van der Waals surface area contributed by atoms with Crippen LogP contribution >= 0.6 is 0 Å². The van der Waals surface area contributed by atoms with E-state index in [9.17, 15) is 14.7 Å². The second-order valence-electron chi connectivity index (χ2n) is 6.28. The number of esters is 1. The molecule has 1 fully saturated rings. The number of rotatable bonds is 1. The summed E-state index contributed by atoms with van der Waals surface area (Å²) in [5, 5.41) is 9.58. The molecule has 0 bridgehead atoms. The molecule has 2 atom stereocenters. The van der Waals surface area contributed by atoms with E-state index in [0.29, 0.717) is 0 Å². The highest BCUT2D eigenvalue weighted by Gasteiger charge is 2.80. The van der Waals surface area contributed by atoms with Gasteiger partial charge in [0.2, 0.25) is 0 Å². The fraction of sp³-hybridized carbons (Fsp3) is 0.714. The van der Waals surface area contributed by atoms with Crippen LogP contribution in [0, 0.1) is 34.0 Å². The van der Waals surface area contributed by atoms with E-state index in [1.165, 1.54) is 7.11 Å². The van der Waals surface area contributed by atoms with Crippen molar-refractivity contribution in [2.75, 3.05) is 7.11 Å². The zero-order valence-corrected chi connectivity index (χ0v) is 11.7. The van der Waals surface area contributed by atoms with E-state index in [2.05, 4.69) is 16.6 Å². The Morgan fingerprint density at radius 3 is 2.06 bits per heavy atom. The summed E-state index contributed by atoms with van der Waals surface area (Å²) in [7, 11) is 1.25. The number of ether oxygens (including phenoxy) is 1. The van der Waals surface area contributed by atoms with Gasteiger partial charge in [-0.1, -0.05) is 40.5 Å². The molecule has 0 saturated heterocycles. The minimum Gasteiger partial charge on any atom is -0.481 e. The minimum atomic E-state index is -0.930. The zero-order chi connectivity index (χ0) is 14.4. The Morgan fingerprint density at radius 1 is 1.28 bits per heavy atom. The summed E-state index contributed by atoms with van der Waals surface area (Å²) in [4.78, 5) is 22.7. The van der Waals surface area contributed by atoms with Crippen molar-refractivity contribution in [2.45, 2.75) is 34.6 Å². The first kappa shape index (κ1) is 14.6. The van der Waals surface area contributed by atoms with Gasteiger partial charge in [-0.2, -0.15) is 0 Å². The van der Waals surface area contributed by atoms with E-state index in [0.717, 1.165) is 0 Å². The monoisotopic (exact) mass is 252 g/mol. The summed E-state index contributed by atoms with van der Waals surface area (Å²) >= 11 is 0. The molecule has 0 heterocycles. The van der Waals surface area contributed by atoms with Gasteiger partial charge in [0.05, 0.1) is 12.5 Å². The molecule has 100 valence electrons. The Morgan fingerprint density at radius 2 is 1.78 bits per heavy atom. The lowest BCUT2D eigenvalue weighted by atomic mass is 9.72. The van der Waals surface area contributed by atoms with Gasteiger partial charge in [-0.25, -0.2) is 4.79 Å². The first-order valence-electron chi connectivity index (χ1n) is 5.86. The maximum atomic E-state index is 11.7. The molecule has 0 spiro atoms. The topological polar surface area (TPSA) is 63.6 Å². The van der Waals surface area contributed by atoms with Gasteiger partial charge >= 0.3 is 11.9 Å². The average molecular weight is 252 g/mol. The lowest BCUT2D eigenvalue weighted by Gasteiger charge is -2.30. The fourth-order valence-electron chi connectivity index (χ4n) is 3.35. The van der Waals surface area contributed by atoms with Crippen molar-refractivity contribution >= 4 is 11.9 Å². The molecule has 0 aromatic heterocycles. The maximum Gasteiger partial charge on any atom is 0.384 e. The summed E-state index contributed by atoms with van der Waals surface area (Å²) in [6, 6.07) is 0. The summed E-state index contributed by atoms with van der Waals surface area (Å²) < 4.78 is 4.45. The summed E-state index contributed by atoms with van der Waals surface area (Å²) in [5.74, 6) is 3.29. The molecule has 18 heavy (non-hydrogen) atoms. The number of carbonyl (C=O) groups excluding carboxylic acids is 1. The molecule has 0 aromatic rings. The third-order valence-electron chi connectivity index (χ3n) is 4.11. The number of hydrogen-bond acceptors (Lipinski definition) is 3. The van der Waals surface area contributed by atoms with Crippen LogP contribution in [0.1, 0.15) is 34.6 Å². The molecule has 1 saturated carbocycles. The highest BCUT2D eigenvalue weighted by molar-refractivity contribution is 5.89. The van der Waals surface area contributed by atoms with Gasteiger partial charge in [0.1, 0.15) is 0 Å². The molecule has 4 nitrogen and oxygen atoms in total. The first-order valence-corrected chi connectivity index (χ1v) is 5.86. The molecule has 4 heteroatoms. The molecule has 0 amide bonds. The van der Waals surface area contributed by atoms with Crippen LogP contribution in [0.3, 0.4) is 0 Å². The van der Waals surface area contributed by atoms with Crippen LogP contribution in [0.5, 0.6) is 0 Å². The van der Waals surface area contributed by atoms with Crippen LogP contribution in [0.15, 0.2) is 0 Å². The van der Waals surface area contributed by atoms with Crippen LogP contribution in [0.2, 0.25) is 0 Å². The summed E-state index contributed by atoms with van der Waals surface area (Å²) in [6.45, 7) is 9.43. The molecule has 0 radical (unpaired) electrons. The van der Waals surface area contributed by atoms with Crippen molar-refractivity contribution in [3.8, 4) is 11.8 Å². The second-order valence-corrected chi connectivity index (χ2v) is 6.28. The molecule has 0 unspecified atom stereocenters. The number of methoxy groups -OCH3 is 1. The van der Waals surface area contributed by atoms with Crippen LogP contribution < -0.4 is 0 Å². The van der Waals surface area contributed by atoms with E-state index in [1.807, 2.05) is 34.6 Å². The van der Waals surface area contributed by atoms with Gasteiger partial charge in [-0.05, 0) is 10.8 Å². The Balaban J connectivity index is 3.20.